The van der Waals surface area contributed by atoms with Gasteiger partial charge in [0.2, 0.25) is 0 Å². The van der Waals surface area contributed by atoms with Crippen molar-refractivity contribution in [2.75, 3.05) is 7.05 Å². The number of likely N-dealkylation sites (N-methyl/N-ethyl adjacent to an activating group) is 1. The molecule has 0 aromatic carbocycles. The molecular formula is C11H15F3N2O. The topological polar surface area (TPSA) is 34.0 Å². The number of nitrogens with zero attached hydrogens (tertiary/aromatic N) is 1. The fourth-order valence-corrected chi connectivity index (χ4v) is 1.60. The number of hydrogen-bond donors (Lipinski definition) is 1. The zero-order valence-electron chi connectivity index (χ0n) is 9.71. The van der Waals surface area contributed by atoms with Crippen LogP contribution in [0.15, 0.2) is 23.0 Å². The van der Waals surface area contributed by atoms with Crippen molar-refractivity contribution in [1.29, 1.82) is 0 Å². The summed E-state index contributed by atoms with van der Waals surface area (Å²) in [5.74, 6) is 0. The summed E-state index contributed by atoms with van der Waals surface area (Å²) in [7, 11) is 1.66. The van der Waals surface area contributed by atoms with Crippen LogP contribution in [-0.2, 0) is 12.7 Å². The summed E-state index contributed by atoms with van der Waals surface area (Å²) in [5.41, 5.74) is -1.53. The van der Waals surface area contributed by atoms with Gasteiger partial charge in [-0.25, -0.2) is 0 Å². The number of pyridine rings is 1. The monoisotopic (exact) mass is 248 g/mol. The molecule has 6 heteroatoms. The quantitative estimate of drug-likeness (QED) is 0.882. The molecule has 0 saturated heterocycles. The van der Waals surface area contributed by atoms with E-state index in [1.54, 1.807) is 7.05 Å². The van der Waals surface area contributed by atoms with Crippen molar-refractivity contribution < 1.29 is 13.2 Å². The van der Waals surface area contributed by atoms with E-state index in [9.17, 15) is 18.0 Å². The van der Waals surface area contributed by atoms with E-state index < -0.39 is 17.4 Å². The molecule has 96 valence electrons. The van der Waals surface area contributed by atoms with Crippen LogP contribution in [0.1, 0.15) is 19.0 Å². The number of halogens is 3. The molecule has 1 N–H and O–H groups in total. The standard InChI is InChI=1S/C11H15F3N2O/c1-3-8(15-2)7-16-9(11(12,13)14)5-4-6-10(16)17/h4-6,8,15H,3,7H2,1-2H3. The van der Waals surface area contributed by atoms with Gasteiger partial charge < -0.3 is 9.88 Å². The summed E-state index contributed by atoms with van der Waals surface area (Å²) in [6, 6.07) is 3.03. The first-order valence-electron chi connectivity index (χ1n) is 5.34. The van der Waals surface area contributed by atoms with Gasteiger partial charge in [-0.3, -0.25) is 4.79 Å². The van der Waals surface area contributed by atoms with Gasteiger partial charge in [-0.05, 0) is 19.5 Å². The van der Waals surface area contributed by atoms with E-state index in [0.717, 1.165) is 22.8 Å². The van der Waals surface area contributed by atoms with Crippen molar-refractivity contribution >= 4 is 0 Å². The minimum absolute atomic E-state index is 0.0154. The van der Waals surface area contributed by atoms with Gasteiger partial charge in [-0.15, -0.1) is 0 Å². The van der Waals surface area contributed by atoms with Crippen LogP contribution in [0.3, 0.4) is 0 Å². The Labute approximate surface area is 97.3 Å². The molecule has 1 unspecified atom stereocenters. The van der Waals surface area contributed by atoms with Crippen LogP contribution in [-0.4, -0.2) is 17.7 Å². The van der Waals surface area contributed by atoms with Gasteiger partial charge in [0.15, 0.2) is 0 Å². The maximum Gasteiger partial charge on any atom is 0.431 e. The highest BCUT2D eigenvalue weighted by molar-refractivity contribution is 5.10. The second-order valence-corrected chi connectivity index (χ2v) is 3.75. The van der Waals surface area contributed by atoms with Gasteiger partial charge in [0.25, 0.3) is 5.56 Å². The van der Waals surface area contributed by atoms with Crippen LogP contribution in [0.25, 0.3) is 0 Å². The second-order valence-electron chi connectivity index (χ2n) is 3.75. The lowest BCUT2D eigenvalue weighted by Gasteiger charge is -2.19. The summed E-state index contributed by atoms with van der Waals surface area (Å²) in [4.78, 5) is 11.5. The number of rotatable bonds is 4. The first-order valence-corrected chi connectivity index (χ1v) is 5.34. The van der Waals surface area contributed by atoms with Crippen molar-refractivity contribution in [3.63, 3.8) is 0 Å². The third-order valence-electron chi connectivity index (χ3n) is 2.64. The number of hydrogen-bond acceptors (Lipinski definition) is 2. The van der Waals surface area contributed by atoms with E-state index >= 15 is 0 Å². The van der Waals surface area contributed by atoms with Gasteiger partial charge in [0.05, 0.1) is 0 Å². The summed E-state index contributed by atoms with van der Waals surface area (Å²) < 4.78 is 38.9. The Morgan fingerprint density at radius 3 is 2.53 bits per heavy atom. The van der Waals surface area contributed by atoms with Crippen molar-refractivity contribution in [2.24, 2.45) is 0 Å². The molecule has 0 saturated carbocycles. The van der Waals surface area contributed by atoms with Crippen LogP contribution in [0.2, 0.25) is 0 Å². The first kappa shape index (κ1) is 13.8. The normalized spacial score (nSPS) is 13.7. The minimum atomic E-state index is -4.51. The summed E-state index contributed by atoms with van der Waals surface area (Å²) >= 11 is 0. The SMILES string of the molecule is CCC(Cn1c(C(F)(F)F)cccc1=O)NC. The van der Waals surface area contributed by atoms with Gasteiger partial charge in [0, 0.05) is 18.7 Å². The van der Waals surface area contributed by atoms with Crippen LogP contribution >= 0.6 is 0 Å². The maximum atomic E-state index is 12.7. The first-order chi connectivity index (χ1) is 7.90. The number of alkyl halides is 3. The fourth-order valence-electron chi connectivity index (χ4n) is 1.60. The summed E-state index contributed by atoms with van der Waals surface area (Å²) in [6.07, 6.45) is -3.86. The van der Waals surface area contributed by atoms with Crippen molar-refractivity contribution in [1.82, 2.24) is 9.88 Å². The molecule has 0 amide bonds. The molecule has 1 aromatic rings. The van der Waals surface area contributed by atoms with E-state index in [2.05, 4.69) is 5.32 Å². The van der Waals surface area contributed by atoms with E-state index in [4.69, 9.17) is 0 Å². The molecule has 0 bridgehead atoms. The van der Waals surface area contributed by atoms with Gasteiger partial charge in [-0.2, -0.15) is 13.2 Å². The fraction of sp³-hybridized carbons (Fsp3) is 0.545. The third kappa shape index (κ3) is 3.33. The van der Waals surface area contributed by atoms with E-state index in [1.807, 2.05) is 6.92 Å². The lowest BCUT2D eigenvalue weighted by molar-refractivity contribution is -0.144. The highest BCUT2D eigenvalue weighted by Gasteiger charge is 2.34. The molecule has 1 atom stereocenters. The summed E-state index contributed by atoms with van der Waals surface area (Å²) in [6.45, 7) is 1.87. The van der Waals surface area contributed by atoms with Crippen LogP contribution in [0.4, 0.5) is 13.2 Å². The predicted octanol–water partition coefficient (Wildman–Crippen LogP) is 1.87. The zero-order valence-corrected chi connectivity index (χ0v) is 9.71. The minimum Gasteiger partial charge on any atom is -0.315 e. The molecule has 17 heavy (non-hydrogen) atoms. The Hall–Kier alpha value is -1.30. The molecule has 3 nitrogen and oxygen atoms in total. The Kier molecular flexibility index (Phi) is 4.34. The molecule has 1 rings (SSSR count). The Morgan fingerprint density at radius 1 is 1.41 bits per heavy atom. The molecule has 1 aromatic heterocycles. The van der Waals surface area contributed by atoms with Crippen molar-refractivity contribution in [3.8, 4) is 0 Å². The van der Waals surface area contributed by atoms with Crippen molar-refractivity contribution in [2.45, 2.75) is 32.1 Å². The third-order valence-corrected chi connectivity index (χ3v) is 2.64. The summed E-state index contributed by atoms with van der Waals surface area (Å²) in [5, 5.41) is 2.88. The van der Waals surface area contributed by atoms with E-state index in [0.29, 0.717) is 6.42 Å². The molecular weight excluding hydrogens is 233 g/mol. The molecule has 0 radical (unpaired) electrons. The van der Waals surface area contributed by atoms with Gasteiger partial charge in [-0.1, -0.05) is 13.0 Å². The molecule has 0 aliphatic heterocycles. The highest BCUT2D eigenvalue weighted by Crippen LogP contribution is 2.28. The number of nitrogens with one attached hydrogen (secondary N) is 1. The maximum absolute atomic E-state index is 12.7. The lowest BCUT2D eigenvalue weighted by Crippen LogP contribution is -2.36. The van der Waals surface area contributed by atoms with Gasteiger partial charge >= 0.3 is 6.18 Å². The Balaban J connectivity index is 3.17. The zero-order chi connectivity index (χ0) is 13.1. The molecule has 0 aliphatic carbocycles. The van der Waals surface area contributed by atoms with E-state index in [1.165, 1.54) is 0 Å². The molecule has 0 fully saturated rings. The highest BCUT2D eigenvalue weighted by atomic mass is 19.4. The van der Waals surface area contributed by atoms with Gasteiger partial charge in [0.1, 0.15) is 5.69 Å². The Morgan fingerprint density at radius 2 is 2.06 bits per heavy atom. The molecule has 0 spiro atoms. The Bertz CT molecular complexity index is 421. The molecule has 0 aliphatic rings. The second kappa shape index (κ2) is 5.35. The van der Waals surface area contributed by atoms with Crippen LogP contribution < -0.4 is 10.9 Å². The number of aromatic nitrogens is 1. The van der Waals surface area contributed by atoms with Crippen molar-refractivity contribution in [3.05, 3.63) is 34.2 Å². The average Bonchev–Trinajstić information content (AvgIpc) is 2.26. The lowest BCUT2D eigenvalue weighted by atomic mass is 10.2. The van der Waals surface area contributed by atoms with Crippen LogP contribution in [0, 0.1) is 0 Å². The van der Waals surface area contributed by atoms with E-state index in [-0.39, 0.29) is 12.6 Å². The largest absolute Gasteiger partial charge is 0.431 e. The average molecular weight is 248 g/mol. The van der Waals surface area contributed by atoms with Crippen LogP contribution in [0.5, 0.6) is 0 Å². The molecule has 1 heterocycles. The smallest absolute Gasteiger partial charge is 0.315 e. The predicted molar refractivity (Wildman–Crippen MR) is 58.8 cm³/mol.